The molecule has 16 heteroatoms. The van der Waals surface area contributed by atoms with Crippen molar-refractivity contribution in [2.45, 2.75) is 65.7 Å². The van der Waals surface area contributed by atoms with Gasteiger partial charge in [-0.3, -0.25) is 14.5 Å². The number of ether oxygens (including phenoxy) is 4. The van der Waals surface area contributed by atoms with Crippen LogP contribution in [-0.2, 0) is 35.2 Å². The highest BCUT2D eigenvalue weighted by atomic mass is 19.4. The van der Waals surface area contributed by atoms with E-state index in [1.54, 1.807) is 49.4 Å². The lowest BCUT2D eigenvalue weighted by Gasteiger charge is -2.33. The predicted molar refractivity (Wildman–Crippen MR) is 190 cm³/mol. The lowest BCUT2D eigenvalue weighted by atomic mass is 10.0. The number of alkyl halides is 3. The number of carbonyl (C=O) groups is 4. The first-order valence-electron chi connectivity index (χ1n) is 16.6. The maximum absolute atomic E-state index is 15.0. The summed E-state index contributed by atoms with van der Waals surface area (Å²) in [5.41, 5.74) is 7.20. The molecule has 4 aromatic rings. The fourth-order valence-electron chi connectivity index (χ4n) is 5.28. The fourth-order valence-corrected chi connectivity index (χ4v) is 5.28. The SMILES string of the molecule is CCOC(=O)C(OC(=O)C(F)(F)F)N(Cc1cccc(NC(C)=O)c1)C(=O)C(Nc1ccc2c(N)nccc2c1)c1ccc(OC(C)C)c(OCC)c1. The third-order valence-electron chi connectivity index (χ3n) is 7.42. The van der Waals surface area contributed by atoms with Gasteiger partial charge < -0.3 is 35.3 Å². The van der Waals surface area contributed by atoms with Crippen LogP contribution in [0.4, 0.5) is 30.4 Å². The summed E-state index contributed by atoms with van der Waals surface area (Å²) >= 11 is 0. The van der Waals surface area contributed by atoms with Crippen molar-refractivity contribution in [3.05, 3.63) is 84.1 Å². The van der Waals surface area contributed by atoms with Crippen LogP contribution in [0.5, 0.6) is 11.5 Å². The molecule has 53 heavy (non-hydrogen) atoms. The van der Waals surface area contributed by atoms with Gasteiger partial charge in [0, 0.05) is 36.4 Å². The van der Waals surface area contributed by atoms with Gasteiger partial charge in [-0.1, -0.05) is 18.2 Å². The molecule has 0 bridgehead atoms. The van der Waals surface area contributed by atoms with Crippen molar-refractivity contribution >= 4 is 51.7 Å². The van der Waals surface area contributed by atoms with Crippen LogP contribution >= 0.6 is 0 Å². The number of aromatic nitrogens is 1. The summed E-state index contributed by atoms with van der Waals surface area (Å²) < 4.78 is 62.3. The van der Waals surface area contributed by atoms with Crippen LogP contribution in [0.2, 0.25) is 0 Å². The van der Waals surface area contributed by atoms with Crippen molar-refractivity contribution in [1.82, 2.24) is 9.88 Å². The minimum Gasteiger partial charge on any atom is -0.490 e. The molecule has 0 saturated heterocycles. The monoisotopic (exact) mass is 739 g/mol. The molecule has 0 aliphatic rings. The van der Waals surface area contributed by atoms with Gasteiger partial charge in [0.1, 0.15) is 11.9 Å². The van der Waals surface area contributed by atoms with Crippen LogP contribution in [0.25, 0.3) is 10.8 Å². The topological polar surface area (TPSA) is 171 Å². The van der Waals surface area contributed by atoms with Crippen LogP contribution in [-0.4, -0.2) is 65.4 Å². The normalized spacial score (nSPS) is 12.4. The molecule has 2 atom stereocenters. The van der Waals surface area contributed by atoms with Crippen LogP contribution in [0.15, 0.2) is 72.9 Å². The summed E-state index contributed by atoms with van der Waals surface area (Å²) in [4.78, 5) is 57.1. The number of nitrogens with two attached hydrogens (primary N) is 1. The smallest absolute Gasteiger partial charge is 0.490 e. The number of halogens is 3. The molecule has 2 unspecified atom stereocenters. The molecule has 4 N–H and O–H groups in total. The summed E-state index contributed by atoms with van der Waals surface area (Å²) in [5, 5.41) is 6.99. The van der Waals surface area contributed by atoms with Crippen LogP contribution in [0, 0.1) is 0 Å². The Labute approximate surface area is 303 Å². The molecule has 0 aliphatic heterocycles. The van der Waals surface area contributed by atoms with Gasteiger partial charge in [-0.15, -0.1) is 0 Å². The molecule has 0 aliphatic carbocycles. The minimum absolute atomic E-state index is 0.221. The Morgan fingerprint density at radius 2 is 1.68 bits per heavy atom. The molecule has 282 valence electrons. The number of nitrogens with zero attached hydrogens (tertiary/aromatic N) is 2. The van der Waals surface area contributed by atoms with Gasteiger partial charge in [-0.25, -0.2) is 14.6 Å². The molecule has 2 amide bonds. The van der Waals surface area contributed by atoms with E-state index in [1.165, 1.54) is 44.3 Å². The Morgan fingerprint density at radius 3 is 2.34 bits per heavy atom. The Balaban J connectivity index is 1.93. The number of esters is 2. The van der Waals surface area contributed by atoms with Gasteiger partial charge in [0.25, 0.3) is 12.1 Å². The zero-order valence-corrected chi connectivity index (χ0v) is 29.7. The molecule has 13 nitrogen and oxygen atoms in total. The zero-order valence-electron chi connectivity index (χ0n) is 29.7. The number of amides is 2. The third kappa shape index (κ3) is 10.5. The lowest BCUT2D eigenvalue weighted by molar-refractivity contribution is -0.218. The summed E-state index contributed by atoms with van der Waals surface area (Å²) in [7, 11) is 0. The first-order valence-corrected chi connectivity index (χ1v) is 16.6. The number of nitrogens with one attached hydrogen (secondary N) is 2. The number of anilines is 3. The summed E-state index contributed by atoms with van der Waals surface area (Å²) in [6.45, 7) is 7.38. The second-order valence-electron chi connectivity index (χ2n) is 11.9. The quantitative estimate of drug-likeness (QED) is 0.0945. The summed E-state index contributed by atoms with van der Waals surface area (Å²) in [6.07, 6.45) is -6.76. The first-order chi connectivity index (χ1) is 25.1. The highest BCUT2D eigenvalue weighted by Crippen LogP contribution is 2.35. The molecule has 0 saturated carbocycles. The molecule has 1 aromatic heterocycles. The Morgan fingerprint density at radius 1 is 0.925 bits per heavy atom. The van der Waals surface area contributed by atoms with Crippen molar-refractivity contribution in [1.29, 1.82) is 0 Å². The Hall–Kier alpha value is -6.06. The van der Waals surface area contributed by atoms with E-state index in [9.17, 15) is 32.3 Å². The molecular formula is C37H40F3N5O8. The van der Waals surface area contributed by atoms with Gasteiger partial charge >= 0.3 is 18.1 Å². The fraction of sp³-hybridized carbons (Fsp3) is 0.324. The van der Waals surface area contributed by atoms with Crippen LogP contribution in [0.1, 0.15) is 51.8 Å². The average molecular weight is 740 g/mol. The number of fused-ring (bicyclic) bond motifs is 1. The van der Waals surface area contributed by atoms with E-state index in [-0.39, 0.29) is 42.0 Å². The van der Waals surface area contributed by atoms with E-state index in [4.69, 9.17) is 24.7 Å². The van der Waals surface area contributed by atoms with E-state index in [0.717, 1.165) is 0 Å². The van der Waals surface area contributed by atoms with Crippen molar-refractivity contribution < 1.29 is 51.3 Å². The first kappa shape index (κ1) is 39.7. The van der Waals surface area contributed by atoms with Crippen molar-refractivity contribution in [2.75, 3.05) is 29.6 Å². The zero-order chi connectivity index (χ0) is 38.9. The molecular weight excluding hydrogens is 699 g/mol. The summed E-state index contributed by atoms with van der Waals surface area (Å²) in [6, 6.07) is 15.9. The van der Waals surface area contributed by atoms with Crippen molar-refractivity contribution in [3.63, 3.8) is 0 Å². The van der Waals surface area contributed by atoms with Gasteiger partial charge in [0.15, 0.2) is 11.5 Å². The van der Waals surface area contributed by atoms with E-state index in [0.29, 0.717) is 32.8 Å². The van der Waals surface area contributed by atoms with Gasteiger partial charge in [0.05, 0.1) is 19.3 Å². The Kier molecular flexibility index (Phi) is 13.1. The number of pyridine rings is 1. The van der Waals surface area contributed by atoms with Crippen LogP contribution in [0.3, 0.4) is 0 Å². The van der Waals surface area contributed by atoms with E-state index in [1.807, 2.05) is 13.8 Å². The largest absolute Gasteiger partial charge is 0.491 e. The standard InChI is InChI=1S/C37H40F3N5O8/c1-6-50-30-19-25(11-14-29(30)52-21(3)4)31(44-27-12-13-28-24(18-27)15-16-42-32(28)41)33(47)45(20-23-9-8-10-26(17-23)43-22(5)46)34(35(48)51-7-2)53-36(49)37(38,39)40/h8-19,21,31,34,44H,6-7,20H2,1-5H3,(H2,41,42)(H,43,46). The minimum atomic E-state index is -5.52. The second kappa shape index (κ2) is 17.4. The van der Waals surface area contributed by atoms with E-state index in [2.05, 4.69) is 15.6 Å². The van der Waals surface area contributed by atoms with Crippen molar-refractivity contribution in [3.8, 4) is 11.5 Å². The van der Waals surface area contributed by atoms with Crippen LogP contribution < -0.4 is 25.8 Å². The summed E-state index contributed by atoms with van der Waals surface area (Å²) in [5.74, 6) is -4.68. The van der Waals surface area contributed by atoms with Gasteiger partial charge in [-0.05, 0) is 92.7 Å². The number of nitrogen functional groups attached to an aromatic ring is 1. The number of hydrogen-bond acceptors (Lipinski definition) is 11. The molecule has 3 aromatic carbocycles. The molecule has 4 rings (SSSR count). The molecule has 0 spiro atoms. The lowest BCUT2D eigenvalue weighted by Crippen LogP contribution is -2.51. The third-order valence-corrected chi connectivity index (χ3v) is 7.42. The van der Waals surface area contributed by atoms with Crippen molar-refractivity contribution in [2.24, 2.45) is 0 Å². The van der Waals surface area contributed by atoms with Gasteiger partial charge in [-0.2, -0.15) is 13.2 Å². The number of benzene rings is 3. The maximum Gasteiger partial charge on any atom is 0.491 e. The number of hydrogen-bond donors (Lipinski definition) is 3. The average Bonchev–Trinajstić information content (AvgIpc) is 3.08. The molecule has 0 fully saturated rings. The highest BCUT2D eigenvalue weighted by Gasteiger charge is 2.47. The number of rotatable bonds is 15. The number of carbonyl (C=O) groups excluding carboxylic acids is 4. The predicted octanol–water partition coefficient (Wildman–Crippen LogP) is 6.14. The molecule has 0 radical (unpaired) electrons. The van der Waals surface area contributed by atoms with Gasteiger partial charge in [0.2, 0.25) is 5.91 Å². The highest BCUT2D eigenvalue weighted by molar-refractivity contribution is 5.95. The molecule has 1 heterocycles. The van der Waals surface area contributed by atoms with E-state index >= 15 is 0 Å². The Bertz CT molecular complexity index is 1960. The maximum atomic E-state index is 15.0. The second-order valence-corrected chi connectivity index (χ2v) is 11.9. The van der Waals surface area contributed by atoms with E-state index < -0.39 is 48.7 Å².